The van der Waals surface area contributed by atoms with Crippen molar-refractivity contribution in [3.05, 3.63) is 24.5 Å². The van der Waals surface area contributed by atoms with Gasteiger partial charge in [0, 0.05) is 51.9 Å². The van der Waals surface area contributed by atoms with Gasteiger partial charge in [-0.05, 0) is 18.8 Å². The van der Waals surface area contributed by atoms with Gasteiger partial charge in [-0.25, -0.2) is 4.98 Å². The van der Waals surface area contributed by atoms with Crippen molar-refractivity contribution >= 4 is 11.8 Å². The Morgan fingerprint density at radius 3 is 2.96 bits per heavy atom. The first-order valence-electron chi connectivity index (χ1n) is 9.22. The first kappa shape index (κ1) is 17.6. The third-order valence-corrected chi connectivity index (χ3v) is 5.24. The van der Waals surface area contributed by atoms with Crippen LogP contribution >= 0.6 is 0 Å². The van der Waals surface area contributed by atoms with E-state index in [2.05, 4.69) is 20.1 Å². The maximum atomic E-state index is 12.8. The number of aromatic nitrogens is 4. The lowest BCUT2D eigenvalue weighted by molar-refractivity contribution is -0.137. The minimum atomic E-state index is -0.215. The third kappa shape index (κ3) is 3.81. The molecule has 9 heteroatoms. The zero-order chi connectivity index (χ0) is 18.8. The average molecular weight is 370 g/mol. The highest BCUT2D eigenvalue weighted by Crippen LogP contribution is 2.25. The molecule has 0 bridgehead atoms. The summed E-state index contributed by atoms with van der Waals surface area (Å²) >= 11 is 0. The summed E-state index contributed by atoms with van der Waals surface area (Å²) in [7, 11) is 1.75. The second-order valence-corrected chi connectivity index (χ2v) is 7.27. The van der Waals surface area contributed by atoms with E-state index in [0.717, 1.165) is 19.4 Å². The predicted octanol–water partition coefficient (Wildman–Crippen LogP) is 0.786. The first-order chi connectivity index (χ1) is 13.1. The molecule has 0 N–H and O–H groups in total. The van der Waals surface area contributed by atoms with Crippen LogP contribution in [0.5, 0.6) is 0 Å². The van der Waals surface area contributed by atoms with E-state index in [-0.39, 0.29) is 23.7 Å². The van der Waals surface area contributed by atoms with Crippen LogP contribution in [0.15, 0.2) is 23.1 Å². The molecule has 2 aromatic rings. The highest BCUT2D eigenvalue weighted by atomic mass is 16.5. The second-order valence-electron chi connectivity index (χ2n) is 7.27. The van der Waals surface area contributed by atoms with Crippen LogP contribution in [0.1, 0.15) is 25.2 Å². The number of carbonyl (C=O) groups is 2. The Hall–Kier alpha value is -2.84. The number of piperidine rings is 1. The Bertz CT molecular complexity index is 824. The van der Waals surface area contributed by atoms with Crippen molar-refractivity contribution in [3.8, 4) is 11.5 Å². The van der Waals surface area contributed by atoms with E-state index in [1.54, 1.807) is 30.5 Å². The number of rotatable bonds is 4. The molecule has 2 aliphatic heterocycles. The molecule has 0 radical (unpaired) electrons. The van der Waals surface area contributed by atoms with Crippen LogP contribution in [0.4, 0.5) is 0 Å². The highest BCUT2D eigenvalue weighted by Gasteiger charge is 2.36. The van der Waals surface area contributed by atoms with E-state index >= 15 is 0 Å². The van der Waals surface area contributed by atoms with Gasteiger partial charge in [0.15, 0.2) is 0 Å². The van der Waals surface area contributed by atoms with Gasteiger partial charge in [0.25, 0.3) is 0 Å². The molecule has 2 saturated heterocycles. The zero-order valence-electron chi connectivity index (χ0n) is 15.2. The molecule has 2 aromatic heterocycles. The molecule has 2 aliphatic rings. The summed E-state index contributed by atoms with van der Waals surface area (Å²) in [5, 5.41) is 3.97. The summed E-state index contributed by atoms with van der Waals surface area (Å²) in [6.07, 6.45) is 7.67. The van der Waals surface area contributed by atoms with Gasteiger partial charge < -0.3 is 14.3 Å². The van der Waals surface area contributed by atoms with Gasteiger partial charge in [-0.1, -0.05) is 5.16 Å². The number of likely N-dealkylation sites (tertiary alicyclic amines) is 2. The van der Waals surface area contributed by atoms with Crippen molar-refractivity contribution in [1.29, 1.82) is 0 Å². The zero-order valence-corrected chi connectivity index (χ0v) is 15.2. The summed E-state index contributed by atoms with van der Waals surface area (Å²) in [6, 6.07) is 0. The van der Waals surface area contributed by atoms with E-state index in [4.69, 9.17) is 4.52 Å². The summed E-state index contributed by atoms with van der Waals surface area (Å²) in [5.41, 5.74) is 0.572. The van der Waals surface area contributed by atoms with E-state index in [1.807, 2.05) is 4.90 Å². The van der Waals surface area contributed by atoms with Gasteiger partial charge in [0.1, 0.15) is 5.69 Å². The van der Waals surface area contributed by atoms with Gasteiger partial charge in [-0.15, -0.1) is 0 Å². The summed E-state index contributed by atoms with van der Waals surface area (Å²) in [4.78, 5) is 40.6. The Balaban J connectivity index is 1.37. The Morgan fingerprint density at radius 2 is 2.22 bits per heavy atom. The Morgan fingerprint density at radius 1 is 1.33 bits per heavy atom. The Kier molecular flexibility index (Phi) is 4.83. The maximum Gasteiger partial charge on any atom is 0.228 e. The van der Waals surface area contributed by atoms with Gasteiger partial charge in [0.05, 0.1) is 12.1 Å². The lowest BCUT2D eigenvalue weighted by atomic mass is 9.93. The second kappa shape index (κ2) is 7.42. The van der Waals surface area contributed by atoms with Gasteiger partial charge in [-0.3, -0.25) is 14.6 Å². The van der Waals surface area contributed by atoms with Crippen LogP contribution in [-0.2, 0) is 16.0 Å². The molecule has 2 fully saturated rings. The minimum absolute atomic E-state index is 0.0457. The molecule has 0 unspecified atom stereocenters. The van der Waals surface area contributed by atoms with E-state index in [9.17, 15) is 9.59 Å². The Labute approximate surface area is 156 Å². The molecular weight excluding hydrogens is 348 g/mol. The molecule has 2 atom stereocenters. The molecule has 27 heavy (non-hydrogen) atoms. The standard InChI is InChI=1S/C18H22N6O3/c1-23-11-13(8-16(23)25)18(26)24-6-2-3-12(10-24)7-15-21-17(22-27-15)14-9-19-4-5-20-14/h4-5,9,12-13H,2-3,6-8,10-11H2,1H3/t12-,13+/m0/s1. The van der Waals surface area contributed by atoms with Crippen molar-refractivity contribution < 1.29 is 14.1 Å². The molecule has 0 aliphatic carbocycles. The van der Waals surface area contributed by atoms with Crippen LogP contribution in [0.3, 0.4) is 0 Å². The van der Waals surface area contributed by atoms with Crippen molar-refractivity contribution in [2.75, 3.05) is 26.7 Å². The number of hydrogen-bond acceptors (Lipinski definition) is 7. The molecule has 4 heterocycles. The van der Waals surface area contributed by atoms with Crippen LogP contribution in [0.25, 0.3) is 11.5 Å². The third-order valence-electron chi connectivity index (χ3n) is 5.24. The topological polar surface area (TPSA) is 105 Å². The molecule has 0 spiro atoms. The molecule has 9 nitrogen and oxygen atoms in total. The minimum Gasteiger partial charge on any atom is -0.345 e. The monoisotopic (exact) mass is 370 g/mol. The van der Waals surface area contributed by atoms with Gasteiger partial charge in [-0.2, -0.15) is 4.98 Å². The largest absolute Gasteiger partial charge is 0.345 e. The lowest BCUT2D eigenvalue weighted by Gasteiger charge is -2.33. The number of amides is 2. The summed E-state index contributed by atoms with van der Waals surface area (Å²) < 4.78 is 5.36. The molecular formula is C18H22N6O3. The molecule has 142 valence electrons. The van der Waals surface area contributed by atoms with Gasteiger partial charge >= 0.3 is 0 Å². The fraction of sp³-hybridized carbons (Fsp3) is 0.556. The fourth-order valence-corrected chi connectivity index (χ4v) is 3.82. The van der Waals surface area contributed by atoms with Crippen LogP contribution in [0, 0.1) is 11.8 Å². The molecule has 4 rings (SSSR count). The average Bonchev–Trinajstić information content (AvgIpc) is 3.29. The number of hydrogen-bond donors (Lipinski definition) is 0. The van der Waals surface area contributed by atoms with E-state index in [1.165, 1.54) is 0 Å². The summed E-state index contributed by atoms with van der Waals surface area (Å²) in [6.45, 7) is 1.93. The van der Waals surface area contributed by atoms with Crippen molar-refractivity contribution in [2.45, 2.75) is 25.7 Å². The first-order valence-corrected chi connectivity index (χ1v) is 9.22. The van der Waals surface area contributed by atoms with Crippen molar-refractivity contribution in [3.63, 3.8) is 0 Å². The normalized spacial score (nSPS) is 23.1. The van der Waals surface area contributed by atoms with E-state index in [0.29, 0.717) is 43.3 Å². The van der Waals surface area contributed by atoms with E-state index < -0.39 is 0 Å². The lowest BCUT2D eigenvalue weighted by Crippen LogP contribution is -2.44. The predicted molar refractivity (Wildman–Crippen MR) is 94.1 cm³/mol. The fourth-order valence-electron chi connectivity index (χ4n) is 3.82. The smallest absolute Gasteiger partial charge is 0.228 e. The van der Waals surface area contributed by atoms with Crippen LogP contribution < -0.4 is 0 Å². The SMILES string of the molecule is CN1C[C@H](C(=O)N2CCC[C@@H](Cc3nc(-c4cnccn4)no3)C2)CC1=O. The molecule has 0 saturated carbocycles. The highest BCUT2D eigenvalue weighted by molar-refractivity contribution is 5.89. The number of nitrogens with zero attached hydrogens (tertiary/aromatic N) is 6. The van der Waals surface area contributed by atoms with Crippen LogP contribution in [-0.4, -0.2) is 68.4 Å². The molecule has 0 aromatic carbocycles. The quantitative estimate of drug-likeness (QED) is 0.783. The molecule has 2 amide bonds. The van der Waals surface area contributed by atoms with Crippen LogP contribution in [0.2, 0.25) is 0 Å². The number of carbonyl (C=O) groups excluding carboxylic acids is 2. The summed E-state index contributed by atoms with van der Waals surface area (Å²) in [5.74, 6) is 1.16. The van der Waals surface area contributed by atoms with Crippen molar-refractivity contribution in [1.82, 2.24) is 29.9 Å². The van der Waals surface area contributed by atoms with Gasteiger partial charge in [0.2, 0.25) is 23.5 Å². The maximum absolute atomic E-state index is 12.8. The van der Waals surface area contributed by atoms with Crippen molar-refractivity contribution in [2.24, 2.45) is 11.8 Å².